The zero-order valence-electron chi connectivity index (χ0n) is 4.88. The van der Waals surface area contributed by atoms with Gasteiger partial charge in [0, 0.05) is 23.9 Å². The summed E-state index contributed by atoms with van der Waals surface area (Å²) in [5.74, 6) is 0. The van der Waals surface area contributed by atoms with Crippen molar-refractivity contribution in [2.45, 2.75) is 0 Å². The van der Waals surface area contributed by atoms with Crippen molar-refractivity contribution in [3.05, 3.63) is 0 Å². The van der Waals surface area contributed by atoms with E-state index in [1.54, 1.807) is 0 Å². The Morgan fingerprint density at radius 3 is 0.400 bits per heavy atom. The molecule has 0 heterocycles. The van der Waals surface area contributed by atoms with Crippen molar-refractivity contribution in [2.24, 2.45) is 0 Å². The van der Waals surface area contributed by atoms with Gasteiger partial charge in [-0.2, -0.15) is 0 Å². The molecule has 4 radical (unpaired) electrons. The maximum atomic E-state index is 0. The van der Waals surface area contributed by atoms with Gasteiger partial charge in [-0.05, 0) is 0 Å². The van der Waals surface area contributed by atoms with E-state index in [1.165, 1.54) is 0 Å². The summed E-state index contributed by atoms with van der Waals surface area (Å²) in [4.78, 5) is 0. The van der Waals surface area contributed by atoms with Crippen LogP contribution in [0.5, 0.6) is 0 Å². The van der Waals surface area contributed by atoms with E-state index in [-0.39, 0.29) is 114 Å². The largest absolute Gasteiger partial charge is 3.00 e. The average Bonchev–Trinajstić information content (AvgIpc) is 0. The van der Waals surface area contributed by atoms with Gasteiger partial charge < -0.3 is 38.3 Å². The normalized spacial score (nSPS) is 0. The molecule has 0 amide bonds. The molecule has 0 rings (SSSR count). The van der Waals surface area contributed by atoms with Crippen LogP contribution in [-0.2, 0) is 16.4 Å². The molecule has 60 valence electrons. The van der Waals surface area contributed by atoms with Gasteiger partial charge in [0.1, 0.15) is 0 Å². The molecule has 0 unspecified atom stereocenters. The standard InChI is InChI=1S/2In.4H2O.3O.Sn/h;;4*1H2;;;;/q2*+3;;;;;3*-2;. The smallest absolute Gasteiger partial charge is 2.00 e. The van der Waals surface area contributed by atoms with Crippen LogP contribution in [0.15, 0.2) is 0 Å². The van der Waals surface area contributed by atoms with Crippen LogP contribution < -0.4 is 0 Å². The van der Waals surface area contributed by atoms with Gasteiger partial charge in [-0.1, -0.05) is 0 Å². The first-order chi connectivity index (χ1) is 0. The SMILES string of the molecule is O.O.O.O.[In+3].[In+3].[O-2].[O-2].[O-2].[Sn]. The molecule has 10 heavy (non-hydrogen) atoms. The van der Waals surface area contributed by atoms with Crippen molar-refractivity contribution in [2.75, 3.05) is 0 Å². The van der Waals surface area contributed by atoms with Crippen LogP contribution in [-0.4, -0.2) is 97.5 Å². The van der Waals surface area contributed by atoms with Crippen molar-refractivity contribution in [1.29, 1.82) is 0 Å². The minimum absolute atomic E-state index is 0. The second-order valence-corrected chi connectivity index (χ2v) is 0. The fourth-order valence-electron chi connectivity index (χ4n) is 0. The van der Waals surface area contributed by atoms with E-state index in [9.17, 15) is 0 Å². The van der Waals surface area contributed by atoms with Gasteiger partial charge in [-0.25, -0.2) is 0 Å². The minimum Gasteiger partial charge on any atom is -2.00 e. The van der Waals surface area contributed by atoms with Crippen molar-refractivity contribution in [3.8, 4) is 0 Å². The predicted octanol–water partition coefficient (Wildman–Crippen LogP) is -4.80. The van der Waals surface area contributed by atoms with E-state index in [4.69, 9.17) is 0 Å². The van der Waals surface area contributed by atoms with Crippen LogP contribution in [0.1, 0.15) is 0 Å². The summed E-state index contributed by atoms with van der Waals surface area (Å²) in [6, 6.07) is 0. The third kappa shape index (κ3) is 172. The molecule has 0 spiro atoms. The van der Waals surface area contributed by atoms with E-state index in [0.717, 1.165) is 0 Å². The molecular formula is H8In2O7Sn. The van der Waals surface area contributed by atoms with Gasteiger partial charge in [-0.3, -0.25) is 0 Å². The molecule has 0 aromatic rings. The van der Waals surface area contributed by atoms with Crippen LogP contribution in [0.25, 0.3) is 0 Å². The van der Waals surface area contributed by atoms with Crippen LogP contribution in [0.4, 0.5) is 0 Å². The zero-order chi connectivity index (χ0) is 0. The van der Waals surface area contributed by atoms with Crippen molar-refractivity contribution in [3.63, 3.8) is 0 Å². The van der Waals surface area contributed by atoms with Crippen LogP contribution >= 0.6 is 0 Å². The third-order valence-electron chi connectivity index (χ3n) is 0. The molecule has 0 aliphatic rings. The van der Waals surface area contributed by atoms with Crippen molar-refractivity contribution in [1.82, 2.24) is 0 Å². The zero-order valence-corrected chi connectivity index (χ0v) is 14.3. The molecule has 0 atom stereocenters. The minimum atomic E-state index is 0. The molecule has 0 saturated carbocycles. The summed E-state index contributed by atoms with van der Waals surface area (Å²) < 4.78 is 0. The van der Waals surface area contributed by atoms with Crippen LogP contribution in [0.2, 0.25) is 0 Å². The molecule has 10 heteroatoms. The van der Waals surface area contributed by atoms with Crippen LogP contribution in [0.3, 0.4) is 0 Å². The Morgan fingerprint density at radius 2 is 0.400 bits per heavy atom. The number of rotatable bonds is 0. The van der Waals surface area contributed by atoms with Gasteiger partial charge in [0.2, 0.25) is 0 Å². The van der Waals surface area contributed by atoms with Crippen molar-refractivity contribution >= 4 is 75.6 Å². The fraction of sp³-hybridized carbons (Fsp3) is 0. The Balaban J connectivity index is 0. The summed E-state index contributed by atoms with van der Waals surface area (Å²) in [5.41, 5.74) is 0. The van der Waals surface area contributed by atoms with Gasteiger partial charge >= 0.3 is 51.7 Å². The second kappa shape index (κ2) is 232. The van der Waals surface area contributed by atoms with Crippen molar-refractivity contribution < 1.29 is 38.3 Å². The van der Waals surface area contributed by atoms with Gasteiger partial charge in [-0.15, -0.1) is 0 Å². The molecular weight excluding hydrogens is 460 g/mol. The molecule has 0 aromatic carbocycles. The second-order valence-electron chi connectivity index (χ2n) is 0. The molecule has 0 aromatic heterocycles. The molecule has 0 saturated heterocycles. The van der Waals surface area contributed by atoms with E-state index in [1.807, 2.05) is 0 Å². The average molecular weight is 468 g/mol. The summed E-state index contributed by atoms with van der Waals surface area (Å²) in [6.45, 7) is 0. The van der Waals surface area contributed by atoms with E-state index in [2.05, 4.69) is 0 Å². The Morgan fingerprint density at radius 1 is 0.400 bits per heavy atom. The topological polar surface area (TPSA) is 212 Å². The van der Waals surface area contributed by atoms with Gasteiger partial charge in [0.15, 0.2) is 0 Å². The third-order valence-corrected chi connectivity index (χ3v) is 0. The van der Waals surface area contributed by atoms with Crippen LogP contribution in [0, 0.1) is 0 Å². The molecule has 8 N–H and O–H groups in total. The maximum Gasteiger partial charge on any atom is 3.00 e. The van der Waals surface area contributed by atoms with E-state index < -0.39 is 0 Å². The number of hydrogen-bond donors (Lipinski definition) is 0. The van der Waals surface area contributed by atoms with E-state index >= 15 is 0 Å². The molecule has 0 aliphatic heterocycles. The Labute approximate surface area is 113 Å². The molecule has 0 fully saturated rings. The first-order valence-corrected chi connectivity index (χ1v) is 0. The molecule has 0 aliphatic carbocycles. The van der Waals surface area contributed by atoms with Gasteiger partial charge in [0.05, 0.1) is 0 Å². The summed E-state index contributed by atoms with van der Waals surface area (Å²) in [5, 5.41) is 0. The number of hydrogen-bond acceptors (Lipinski definition) is 0. The summed E-state index contributed by atoms with van der Waals surface area (Å²) >= 11 is 0. The predicted molar refractivity (Wildman–Crippen MR) is 33.8 cm³/mol. The summed E-state index contributed by atoms with van der Waals surface area (Å²) in [6.07, 6.45) is 0. The first kappa shape index (κ1) is 305. The summed E-state index contributed by atoms with van der Waals surface area (Å²) in [7, 11) is 0. The maximum absolute atomic E-state index is 0. The Bertz CT molecular complexity index is 11.6. The molecule has 0 bridgehead atoms. The fourth-order valence-corrected chi connectivity index (χ4v) is 0. The Hall–Kier alpha value is 2.26. The van der Waals surface area contributed by atoms with Gasteiger partial charge in [0.25, 0.3) is 0 Å². The first-order valence-electron chi connectivity index (χ1n) is 0. The Kier molecular flexibility index (Phi) is 7070. The molecule has 7 nitrogen and oxygen atoms in total. The monoisotopic (exact) mass is 470 g/mol. The quantitative estimate of drug-likeness (QED) is 0.306. The van der Waals surface area contributed by atoms with E-state index in [0.29, 0.717) is 0 Å².